The van der Waals surface area contributed by atoms with Crippen molar-refractivity contribution < 1.29 is 82.1 Å². The lowest BCUT2D eigenvalue weighted by Crippen LogP contribution is -2.40. The number of aliphatic hydroxyl groups excluding tert-OH is 3. The molecule has 2 aromatic rings. The van der Waals surface area contributed by atoms with E-state index in [2.05, 4.69) is 32.8 Å². The van der Waals surface area contributed by atoms with Gasteiger partial charge >= 0.3 is 23.5 Å². The van der Waals surface area contributed by atoms with Crippen LogP contribution in [0.2, 0.25) is 0 Å². The Morgan fingerprint density at radius 1 is 0.979 bits per heavy atom. The van der Waals surface area contributed by atoms with Crippen LogP contribution in [0.4, 0.5) is 5.82 Å². The van der Waals surface area contributed by atoms with E-state index in [9.17, 15) is 53.4 Å². The molecule has 11 N–H and O–H groups in total. The van der Waals surface area contributed by atoms with Crippen LogP contribution in [0, 0.1) is 0 Å². The van der Waals surface area contributed by atoms with Gasteiger partial charge < -0.3 is 60.7 Å². The summed E-state index contributed by atoms with van der Waals surface area (Å²) in [5, 5.41) is 31.6. The number of ether oxygens (including phenoxy) is 2. The number of imidazole rings is 1. The van der Waals surface area contributed by atoms with Gasteiger partial charge in [-0.2, -0.15) is 4.31 Å². The van der Waals surface area contributed by atoms with Crippen LogP contribution in [0.1, 0.15) is 14.0 Å². The first-order valence-electron chi connectivity index (χ1n) is 13.9. The Hall–Kier alpha value is -2.73. The van der Waals surface area contributed by atoms with Crippen LogP contribution >= 0.6 is 23.5 Å². The molecule has 0 bridgehead atoms. The van der Waals surface area contributed by atoms with Crippen LogP contribution in [0.5, 0.6) is 0 Å². The zero-order valence-corrected chi connectivity index (χ0v) is 26.7. The van der Waals surface area contributed by atoms with Gasteiger partial charge in [-0.25, -0.2) is 28.6 Å². The number of nitrogens with two attached hydrogens (primary N) is 2. The molecule has 10 atom stereocenters. The molecule has 1 amide bonds. The largest absolute Gasteiger partial charge is 0.481 e. The molecule has 2 fully saturated rings. The second kappa shape index (κ2) is 13.9. The van der Waals surface area contributed by atoms with E-state index in [-0.39, 0.29) is 29.0 Å². The fraction of sp³-hybridized carbons (Fsp3) is 0.524. The monoisotopic (exact) mass is 746 g/mol. The van der Waals surface area contributed by atoms with Crippen LogP contribution < -0.4 is 11.5 Å². The first-order chi connectivity index (χ1) is 22.7. The molecule has 0 radical (unpaired) electrons. The van der Waals surface area contributed by atoms with Crippen molar-refractivity contribution in [1.82, 2.24) is 24.4 Å². The van der Waals surface area contributed by atoms with Gasteiger partial charge in [0.1, 0.15) is 48.4 Å². The van der Waals surface area contributed by atoms with Crippen molar-refractivity contribution in [3.05, 3.63) is 36.7 Å². The standard InChI is InChI=1S/C21H30N7O17P3/c22-17-12-19(25-7-24-17)28(8-26-12)21-16(44-46(33,34)35)14(30)11(43-21)6-41-48(38,39)45-47(36,37)40-5-10-13(29)15(31)20(42-10)27-3-1-2-9(4-27)18(23)32/h1,3-4,7-8,10-11,13-16,20-21,29-31H,2,5-6H2,(H2,23,32)(H,36,37)(H,38,39)(H2,22,24,25)(H2,33,34,35)/t10-,11-,13-,14-,15-,16-,20-,21-/m1/s1/i16D. The van der Waals surface area contributed by atoms with Crippen LogP contribution in [0.15, 0.2) is 36.7 Å². The molecule has 2 saturated heterocycles. The SMILES string of the molecule is [2H][C@@]1(OP(=O)(O)O)[C@H](O)[C@@H](COP(=O)(O)OP(=O)(O)OC[C@H]2O[C@@H](N3C=CCC(C(N)=O)=C3)[C@H](O)[C@@H]2O)O[C@H]1n1cnc2c(N)ncnc21. The molecule has 3 aliphatic heterocycles. The Labute approximate surface area is 270 Å². The Balaban J connectivity index is 1.22. The van der Waals surface area contributed by atoms with Crippen molar-refractivity contribution >= 4 is 46.4 Å². The number of hydrogen-bond acceptors (Lipinski definition) is 18. The molecule has 0 spiro atoms. The van der Waals surface area contributed by atoms with Crippen LogP contribution in [-0.2, 0) is 45.8 Å². The summed E-state index contributed by atoms with van der Waals surface area (Å²) in [5.41, 5.74) is 11.0. The highest BCUT2D eigenvalue weighted by Crippen LogP contribution is 2.61. The predicted octanol–water partition coefficient (Wildman–Crippen LogP) is -2.57. The maximum atomic E-state index is 12.6. The second-order valence-corrected chi connectivity index (χ2v) is 14.5. The van der Waals surface area contributed by atoms with Gasteiger partial charge in [0.2, 0.25) is 5.91 Å². The highest BCUT2D eigenvalue weighted by molar-refractivity contribution is 7.61. The van der Waals surface area contributed by atoms with Gasteiger partial charge in [-0.1, -0.05) is 6.08 Å². The summed E-state index contributed by atoms with van der Waals surface area (Å²) in [4.78, 5) is 63.4. The van der Waals surface area contributed by atoms with Crippen molar-refractivity contribution in [2.45, 2.75) is 55.5 Å². The molecule has 5 heterocycles. The number of rotatable bonds is 13. The number of anilines is 1. The molecule has 0 aromatic carbocycles. The topological polar surface area (TPSA) is 364 Å². The molecule has 27 heteroatoms. The van der Waals surface area contributed by atoms with E-state index in [1.807, 2.05) is 0 Å². The zero-order valence-electron chi connectivity index (χ0n) is 25.0. The molecule has 48 heavy (non-hydrogen) atoms. The number of aliphatic hydroxyl groups is 3. The molecule has 2 aromatic heterocycles. The fourth-order valence-corrected chi connectivity index (χ4v) is 7.34. The average molecular weight is 746 g/mol. The molecule has 24 nitrogen and oxygen atoms in total. The van der Waals surface area contributed by atoms with E-state index >= 15 is 0 Å². The first kappa shape index (κ1) is 35.1. The summed E-state index contributed by atoms with van der Waals surface area (Å²) < 4.78 is 75.4. The van der Waals surface area contributed by atoms with Gasteiger partial charge in [0.15, 0.2) is 23.9 Å². The minimum atomic E-state index is -5.60. The van der Waals surface area contributed by atoms with Crippen LogP contribution in [0.25, 0.3) is 11.2 Å². The number of carbonyl (C=O) groups is 1. The van der Waals surface area contributed by atoms with Crippen molar-refractivity contribution in [3.63, 3.8) is 0 Å². The Kier molecular flexibility index (Phi) is 10.2. The van der Waals surface area contributed by atoms with E-state index in [1.54, 1.807) is 0 Å². The lowest BCUT2D eigenvalue weighted by atomic mass is 10.1. The van der Waals surface area contributed by atoms with Crippen LogP contribution in [-0.4, -0.2) is 121 Å². The number of hydrogen-bond donors (Lipinski definition) is 9. The predicted molar refractivity (Wildman–Crippen MR) is 153 cm³/mol. The van der Waals surface area contributed by atoms with Crippen molar-refractivity contribution in [2.24, 2.45) is 5.73 Å². The van der Waals surface area contributed by atoms with Gasteiger partial charge in [-0.3, -0.25) is 22.9 Å². The van der Waals surface area contributed by atoms with Gasteiger partial charge in [0.05, 0.1) is 20.9 Å². The summed E-state index contributed by atoms with van der Waals surface area (Å²) >= 11 is 0. The average Bonchev–Trinajstić information content (AvgIpc) is 3.62. The van der Waals surface area contributed by atoms with E-state index < -0.39 is 91.6 Å². The highest BCUT2D eigenvalue weighted by Gasteiger charge is 2.51. The number of nitrogens with zero attached hydrogens (tertiary/aromatic N) is 5. The summed E-state index contributed by atoms with van der Waals surface area (Å²) in [6.45, 7) is -2.19. The van der Waals surface area contributed by atoms with E-state index in [1.165, 1.54) is 23.4 Å². The third kappa shape index (κ3) is 8.17. The van der Waals surface area contributed by atoms with Gasteiger partial charge in [-0.15, -0.1) is 0 Å². The highest BCUT2D eigenvalue weighted by atomic mass is 31.3. The number of fused-ring (bicyclic) bond motifs is 1. The summed E-state index contributed by atoms with van der Waals surface area (Å²) in [7, 11) is -16.6. The first-order valence-corrected chi connectivity index (χ1v) is 17.9. The van der Waals surface area contributed by atoms with Crippen LogP contribution in [0.3, 0.4) is 0 Å². The van der Waals surface area contributed by atoms with Gasteiger partial charge in [0, 0.05) is 18.0 Å². The number of phosphoric ester groups is 3. The Bertz CT molecular complexity index is 1790. The van der Waals surface area contributed by atoms with Crippen molar-refractivity contribution in [2.75, 3.05) is 18.9 Å². The molecular weight excluding hydrogens is 715 g/mol. The van der Waals surface area contributed by atoms with Gasteiger partial charge in [0.25, 0.3) is 0 Å². The van der Waals surface area contributed by atoms with Crippen molar-refractivity contribution in [3.8, 4) is 0 Å². The number of allylic oxidation sites excluding steroid dienone is 1. The number of nitrogen functional groups attached to an aromatic ring is 1. The van der Waals surface area contributed by atoms with E-state index in [0.29, 0.717) is 0 Å². The minimum absolute atomic E-state index is 0.0243. The van der Waals surface area contributed by atoms with Gasteiger partial charge in [-0.05, 0) is 6.42 Å². The summed E-state index contributed by atoms with van der Waals surface area (Å²) in [5.74, 6) is -0.867. The smallest absolute Gasteiger partial charge is 0.387 e. The summed E-state index contributed by atoms with van der Waals surface area (Å²) in [6.07, 6.45) is -8.96. The zero-order chi connectivity index (χ0) is 36.1. The number of amides is 1. The maximum absolute atomic E-state index is 12.6. The molecule has 5 rings (SSSR count). The normalized spacial score (nSPS) is 33.7. The number of aromatic nitrogens is 4. The molecule has 0 aliphatic carbocycles. The maximum Gasteiger partial charge on any atom is 0.481 e. The van der Waals surface area contributed by atoms with E-state index in [4.69, 9.17) is 22.3 Å². The molecule has 2 unspecified atom stereocenters. The molecule has 3 aliphatic rings. The lowest BCUT2D eigenvalue weighted by Gasteiger charge is -2.28. The molecule has 266 valence electrons. The lowest BCUT2D eigenvalue weighted by molar-refractivity contribution is -0.115. The third-order valence-corrected chi connectivity index (χ3v) is 9.98. The Morgan fingerprint density at radius 2 is 1.60 bits per heavy atom. The quantitative estimate of drug-likeness (QED) is 0.0951. The molecular formula is C21H30N7O17P3. The fourth-order valence-electron chi connectivity index (χ4n) is 4.77. The summed E-state index contributed by atoms with van der Waals surface area (Å²) in [6, 6.07) is 0. The number of phosphoric acid groups is 3. The second-order valence-electron chi connectivity index (χ2n) is 10.3. The van der Waals surface area contributed by atoms with Crippen molar-refractivity contribution in [1.29, 1.82) is 0 Å². The number of primary amides is 1. The number of carbonyl (C=O) groups excluding carboxylic acids is 1. The minimum Gasteiger partial charge on any atom is -0.387 e. The van der Waals surface area contributed by atoms with E-state index in [0.717, 1.165) is 17.2 Å². The Morgan fingerprint density at radius 3 is 2.23 bits per heavy atom. The third-order valence-electron chi connectivity index (χ3n) is 6.93. The molecule has 0 saturated carbocycles.